The minimum absolute atomic E-state index is 0.241. The summed E-state index contributed by atoms with van der Waals surface area (Å²) in [5.41, 5.74) is -1.31. The van der Waals surface area contributed by atoms with Crippen LogP contribution in [0.25, 0.3) is 0 Å². The fraction of sp³-hybridized carbons (Fsp3) is 0.833. The second-order valence-electron chi connectivity index (χ2n) is 4.06. The molecule has 1 atom stereocenters. The minimum Gasteiger partial charge on any atom is -0.307 e. The van der Waals surface area contributed by atoms with Crippen molar-refractivity contribution in [1.29, 1.82) is 5.26 Å². The van der Waals surface area contributed by atoms with E-state index >= 15 is 0 Å². The summed E-state index contributed by atoms with van der Waals surface area (Å²) in [6, 6.07) is 1.73. The number of carbonyl (C=O) groups is 1. The van der Waals surface area contributed by atoms with E-state index in [9.17, 15) is 9.36 Å². The molecule has 0 aliphatic rings. The van der Waals surface area contributed by atoms with Crippen molar-refractivity contribution in [3.8, 4) is 6.07 Å². The molecule has 0 aromatic heterocycles. The number of hydrogen-bond acceptors (Lipinski definition) is 5. The van der Waals surface area contributed by atoms with E-state index in [0.717, 1.165) is 25.7 Å². The number of rotatable bonds is 10. The Bertz CT molecular complexity index is 323. The Labute approximate surface area is 109 Å². The molecule has 0 bridgehead atoms. The minimum atomic E-state index is -3.66. The molecule has 0 fully saturated rings. The number of carbonyl (C=O) groups excluding carboxylic acids is 1. The number of nitriles is 1. The van der Waals surface area contributed by atoms with Gasteiger partial charge in [-0.2, -0.15) is 5.26 Å². The molecule has 5 nitrogen and oxygen atoms in total. The zero-order chi connectivity index (χ0) is 14.0. The van der Waals surface area contributed by atoms with Gasteiger partial charge in [0, 0.05) is 0 Å². The van der Waals surface area contributed by atoms with Crippen LogP contribution >= 0.6 is 7.60 Å². The van der Waals surface area contributed by atoms with Gasteiger partial charge < -0.3 is 9.05 Å². The van der Waals surface area contributed by atoms with Crippen molar-refractivity contribution < 1.29 is 18.4 Å². The summed E-state index contributed by atoms with van der Waals surface area (Å²) in [5, 5.41) is 8.94. The van der Waals surface area contributed by atoms with Crippen molar-refractivity contribution in [2.24, 2.45) is 0 Å². The number of Topliss-reactive ketones (excluding diaryl/α,β-unsaturated/α-hetero) is 1. The molecule has 0 spiro atoms. The average molecular weight is 275 g/mol. The molecular weight excluding hydrogens is 253 g/mol. The first-order valence-corrected chi connectivity index (χ1v) is 7.91. The third-order valence-corrected chi connectivity index (χ3v) is 4.56. The van der Waals surface area contributed by atoms with Crippen molar-refractivity contribution in [2.75, 3.05) is 13.2 Å². The largest absolute Gasteiger partial charge is 0.355 e. The van der Waals surface area contributed by atoms with Crippen LogP contribution < -0.4 is 0 Å². The third kappa shape index (κ3) is 5.77. The molecule has 0 N–H and O–H groups in total. The molecule has 0 unspecified atom stereocenters. The normalized spacial score (nSPS) is 13.0. The Morgan fingerprint density at radius 3 is 1.94 bits per heavy atom. The summed E-state index contributed by atoms with van der Waals surface area (Å²) in [4.78, 5) is 11.3. The van der Waals surface area contributed by atoms with Crippen molar-refractivity contribution in [2.45, 2.75) is 52.1 Å². The summed E-state index contributed by atoms with van der Waals surface area (Å²) in [5.74, 6) is -0.478. The highest BCUT2D eigenvalue weighted by atomic mass is 31.2. The molecule has 104 valence electrons. The molecule has 0 rings (SSSR count). The molecule has 0 aliphatic heterocycles. The van der Waals surface area contributed by atoms with Gasteiger partial charge in [0.1, 0.15) is 0 Å². The molecule has 0 amide bonds. The zero-order valence-electron chi connectivity index (χ0n) is 11.3. The van der Waals surface area contributed by atoms with Gasteiger partial charge in [-0.25, -0.2) is 0 Å². The van der Waals surface area contributed by atoms with Crippen LogP contribution in [0.5, 0.6) is 0 Å². The smallest absolute Gasteiger partial charge is 0.307 e. The predicted molar refractivity (Wildman–Crippen MR) is 69.4 cm³/mol. The van der Waals surface area contributed by atoms with E-state index in [0.29, 0.717) is 0 Å². The highest BCUT2D eigenvalue weighted by Crippen LogP contribution is 2.53. The lowest BCUT2D eigenvalue weighted by Gasteiger charge is -2.20. The third-order valence-electron chi connectivity index (χ3n) is 2.36. The van der Waals surface area contributed by atoms with Gasteiger partial charge in [0.25, 0.3) is 0 Å². The maximum absolute atomic E-state index is 12.4. The van der Waals surface area contributed by atoms with Crippen LogP contribution in [0.4, 0.5) is 0 Å². The maximum Gasteiger partial charge on any atom is 0.355 e. The SMILES string of the molecule is CCCCOP(=O)(OCCCC)[C@@H](C#N)C(C)=O. The number of unbranched alkanes of at least 4 members (excludes halogenated alkanes) is 2. The number of hydrogen-bond donors (Lipinski definition) is 0. The quantitative estimate of drug-likeness (QED) is 0.451. The number of ketones is 1. The summed E-state index contributed by atoms with van der Waals surface area (Å²) in [6.07, 6.45) is 3.20. The monoisotopic (exact) mass is 275 g/mol. The highest BCUT2D eigenvalue weighted by Gasteiger charge is 2.39. The van der Waals surface area contributed by atoms with Crippen molar-refractivity contribution in [1.82, 2.24) is 0 Å². The van der Waals surface area contributed by atoms with Crippen LogP contribution in [0.3, 0.4) is 0 Å². The summed E-state index contributed by atoms with van der Waals surface area (Å²) in [7, 11) is -3.66. The van der Waals surface area contributed by atoms with Crippen LogP contribution in [0.2, 0.25) is 0 Å². The Kier molecular flexibility index (Phi) is 8.91. The second kappa shape index (κ2) is 9.27. The molecule has 0 saturated carbocycles. The van der Waals surface area contributed by atoms with E-state index in [2.05, 4.69) is 0 Å². The van der Waals surface area contributed by atoms with Gasteiger partial charge in [0.2, 0.25) is 5.66 Å². The van der Waals surface area contributed by atoms with Gasteiger partial charge >= 0.3 is 7.60 Å². The summed E-state index contributed by atoms with van der Waals surface area (Å²) in [6.45, 7) is 5.65. The van der Waals surface area contributed by atoms with E-state index in [1.165, 1.54) is 6.92 Å². The lowest BCUT2D eigenvalue weighted by molar-refractivity contribution is -0.116. The molecule has 0 aromatic carbocycles. The van der Waals surface area contributed by atoms with Crippen molar-refractivity contribution in [3.05, 3.63) is 0 Å². The molecule has 6 heteroatoms. The van der Waals surface area contributed by atoms with Gasteiger partial charge in [-0.1, -0.05) is 26.7 Å². The van der Waals surface area contributed by atoms with Gasteiger partial charge in [-0.3, -0.25) is 9.36 Å². The topological polar surface area (TPSA) is 76.4 Å². The molecule has 0 saturated heterocycles. The fourth-order valence-electron chi connectivity index (χ4n) is 1.24. The first-order valence-electron chi connectivity index (χ1n) is 6.30. The van der Waals surface area contributed by atoms with E-state index in [1.807, 2.05) is 13.8 Å². The number of nitrogens with zero attached hydrogens (tertiary/aromatic N) is 1. The first-order chi connectivity index (χ1) is 8.51. The van der Waals surface area contributed by atoms with Gasteiger partial charge in [-0.05, 0) is 19.8 Å². The maximum atomic E-state index is 12.4. The van der Waals surface area contributed by atoms with Crippen LogP contribution in [0.15, 0.2) is 0 Å². The predicted octanol–water partition coefficient (Wildman–Crippen LogP) is 3.29. The Morgan fingerprint density at radius 2 is 1.67 bits per heavy atom. The molecule has 0 aliphatic carbocycles. The first kappa shape index (κ1) is 17.3. The van der Waals surface area contributed by atoms with Crippen LogP contribution in [0.1, 0.15) is 46.5 Å². The lowest BCUT2D eigenvalue weighted by atomic mass is 10.3. The zero-order valence-corrected chi connectivity index (χ0v) is 12.2. The Balaban J connectivity index is 4.72. The summed E-state index contributed by atoms with van der Waals surface area (Å²) < 4.78 is 22.9. The fourth-order valence-corrected chi connectivity index (χ4v) is 2.97. The van der Waals surface area contributed by atoms with E-state index in [1.54, 1.807) is 6.07 Å². The van der Waals surface area contributed by atoms with Crippen LogP contribution in [0, 0.1) is 11.3 Å². The lowest BCUT2D eigenvalue weighted by Crippen LogP contribution is -2.20. The van der Waals surface area contributed by atoms with Crippen molar-refractivity contribution in [3.63, 3.8) is 0 Å². The average Bonchev–Trinajstić information content (AvgIpc) is 2.30. The standard InChI is InChI=1S/C12H22NO4P/c1-4-6-8-16-18(15,17-9-7-5-2)12(10-13)11(3)14/h12H,4-9H2,1-3H3/t12-/m0/s1. The van der Waals surface area contributed by atoms with Crippen molar-refractivity contribution >= 4 is 13.4 Å². The van der Waals surface area contributed by atoms with E-state index in [4.69, 9.17) is 14.3 Å². The van der Waals surface area contributed by atoms with Gasteiger partial charge in [0.05, 0.1) is 19.3 Å². The summed E-state index contributed by atoms with van der Waals surface area (Å²) >= 11 is 0. The Morgan fingerprint density at radius 1 is 1.22 bits per heavy atom. The van der Waals surface area contributed by atoms with E-state index < -0.39 is 19.0 Å². The molecule has 0 radical (unpaired) electrons. The molecular formula is C12H22NO4P. The highest BCUT2D eigenvalue weighted by molar-refractivity contribution is 7.56. The van der Waals surface area contributed by atoms with Gasteiger partial charge in [0.15, 0.2) is 5.78 Å². The second-order valence-corrected chi connectivity index (χ2v) is 6.17. The van der Waals surface area contributed by atoms with Gasteiger partial charge in [-0.15, -0.1) is 0 Å². The van der Waals surface area contributed by atoms with E-state index in [-0.39, 0.29) is 13.2 Å². The Hall–Kier alpha value is -0.690. The molecule has 18 heavy (non-hydrogen) atoms. The van der Waals surface area contributed by atoms with Crippen LogP contribution in [-0.4, -0.2) is 24.7 Å². The van der Waals surface area contributed by atoms with Crippen LogP contribution in [-0.2, 0) is 18.4 Å². The molecule has 0 heterocycles. The molecule has 0 aromatic rings.